The lowest BCUT2D eigenvalue weighted by atomic mass is 10.0. The number of rotatable bonds is 3. The van der Waals surface area contributed by atoms with Crippen LogP contribution in [0, 0.1) is 11.3 Å². The van der Waals surface area contributed by atoms with Crippen LogP contribution < -0.4 is 10.4 Å². The van der Waals surface area contributed by atoms with Crippen molar-refractivity contribution in [2.75, 3.05) is 6.61 Å². The van der Waals surface area contributed by atoms with Crippen molar-refractivity contribution in [1.82, 2.24) is 19.7 Å². The van der Waals surface area contributed by atoms with E-state index >= 15 is 0 Å². The van der Waals surface area contributed by atoms with Crippen LogP contribution in [0.2, 0.25) is 0 Å². The molecule has 3 rings (SSSR count). The molecular formula is C11H11N5O5. The molecule has 1 aliphatic rings. The summed E-state index contributed by atoms with van der Waals surface area (Å²) in [6, 6.07) is 1.74. The summed E-state index contributed by atoms with van der Waals surface area (Å²) >= 11 is 0. The van der Waals surface area contributed by atoms with E-state index < -0.39 is 30.2 Å². The molecule has 0 saturated carbocycles. The highest BCUT2D eigenvalue weighted by Gasteiger charge is 2.50. The van der Waals surface area contributed by atoms with Gasteiger partial charge >= 0.3 is 0 Å². The van der Waals surface area contributed by atoms with Gasteiger partial charge in [-0.25, -0.2) is 9.97 Å². The first-order chi connectivity index (χ1) is 10.1. The highest BCUT2D eigenvalue weighted by molar-refractivity contribution is 5.68. The molecule has 3 N–H and O–H groups in total. The van der Waals surface area contributed by atoms with E-state index in [0.29, 0.717) is 0 Å². The van der Waals surface area contributed by atoms with Gasteiger partial charge in [0.15, 0.2) is 5.52 Å². The zero-order valence-electron chi connectivity index (χ0n) is 10.6. The molecular weight excluding hydrogens is 282 g/mol. The molecule has 1 saturated heterocycles. The highest BCUT2D eigenvalue weighted by Crippen LogP contribution is 2.29. The van der Waals surface area contributed by atoms with Gasteiger partial charge in [-0.3, -0.25) is 4.79 Å². The fraction of sp³-hybridized carbons (Fsp3) is 0.455. The maximum absolute atomic E-state index is 11.5. The second kappa shape index (κ2) is 4.81. The summed E-state index contributed by atoms with van der Waals surface area (Å²) in [5.41, 5.74) is -1.87. The van der Waals surface area contributed by atoms with Gasteiger partial charge in [-0.05, 0) is 0 Å². The van der Waals surface area contributed by atoms with Crippen molar-refractivity contribution in [2.45, 2.75) is 24.4 Å². The second-order valence-corrected chi connectivity index (χ2v) is 4.54. The van der Waals surface area contributed by atoms with Crippen LogP contribution in [0.15, 0.2) is 17.4 Å². The highest BCUT2D eigenvalue weighted by atomic mass is 16.8. The number of nitriles is 1. The number of hydrogen-bond acceptors (Lipinski definition) is 8. The molecule has 0 unspecified atom stereocenters. The van der Waals surface area contributed by atoms with Gasteiger partial charge in [-0.1, -0.05) is 0 Å². The number of imidazole rings is 1. The summed E-state index contributed by atoms with van der Waals surface area (Å²) in [6.45, 7) is -0.660. The van der Waals surface area contributed by atoms with Gasteiger partial charge in [0.25, 0.3) is 5.56 Å². The Morgan fingerprint density at radius 1 is 1.67 bits per heavy atom. The van der Waals surface area contributed by atoms with Crippen molar-refractivity contribution in [3.63, 3.8) is 0 Å². The number of aromatic nitrogens is 4. The summed E-state index contributed by atoms with van der Waals surface area (Å²) in [5, 5.41) is 28.0. The quantitative estimate of drug-likeness (QED) is 0.583. The Morgan fingerprint density at radius 2 is 2.48 bits per heavy atom. The van der Waals surface area contributed by atoms with Gasteiger partial charge in [0.05, 0.1) is 12.9 Å². The summed E-state index contributed by atoms with van der Waals surface area (Å²) < 4.78 is 6.38. The van der Waals surface area contributed by atoms with Crippen LogP contribution in [0.4, 0.5) is 0 Å². The van der Waals surface area contributed by atoms with Crippen molar-refractivity contribution in [2.24, 2.45) is 0 Å². The lowest BCUT2D eigenvalue weighted by Gasteiger charge is -2.21. The number of H-pyrrole nitrogens is 1. The topological polar surface area (TPSA) is 146 Å². The number of ether oxygens (including phenoxy) is 1. The molecule has 110 valence electrons. The third kappa shape index (κ3) is 2.04. The minimum atomic E-state index is -1.72. The van der Waals surface area contributed by atoms with Crippen LogP contribution in [0.1, 0.15) is 6.42 Å². The molecule has 0 radical (unpaired) electrons. The minimum absolute atomic E-state index is 0.0169. The molecule has 3 atom stereocenters. The number of hydrogen-bond donors (Lipinski definition) is 3. The van der Waals surface area contributed by atoms with Crippen LogP contribution in [-0.4, -0.2) is 54.5 Å². The standard InChI is InChI=1S/C11H11N5O5/c12-2-11(3-17)6(18)1-7(20-11)21-16-5-15-8-9(16)13-4-14-10(8)19/h4-7,17-18H,1,3H2,(H,13,14,19)/t6-,7-,11+/m0/s1. The predicted molar refractivity (Wildman–Crippen MR) is 65.7 cm³/mol. The molecule has 2 aromatic rings. The molecule has 10 heteroatoms. The van der Waals surface area contributed by atoms with Crippen molar-refractivity contribution >= 4 is 11.2 Å². The Balaban J connectivity index is 1.86. The number of nitrogens with zero attached hydrogens (tertiary/aromatic N) is 4. The Hall–Kier alpha value is -2.48. The monoisotopic (exact) mass is 293 g/mol. The number of fused-ring (bicyclic) bond motifs is 1. The SMILES string of the molecule is N#C[C@]1(CO)O[C@@H](On2cnc3c(=O)[nH]cnc32)C[C@@H]1O. The number of aromatic amines is 1. The number of nitrogens with one attached hydrogen (secondary N) is 1. The van der Waals surface area contributed by atoms with Crippen molar-refractivity contribution in [3.8, 4) is 6.07 Å². The van der Waals surface area contributed by atoms with Gasteiger partial charge < -0.3 is 24.8 Å². The third-order valence-corrected chi connectivity index (χ3v) is 3.26. The number of aliphatic hydroxyl groups is 2. The van der Waals surface area contributed by atoms with Crippen LogP contribution in [0.5, 0.6) is 0 Å². The molecule has 0 aromatic carbocycles. The normalized spacial score (nSPS) is 28.6. The Morgan fingerprint density at radius 3 is 3.14 bits per heavy atom. The molecule has 1 fully saturated rings. The van der Waals surface area contributed by atoms with Crippen molar-refractivity contribution in [1.29, 1.82) is 5.26 Å². The van der Waals surface area contributed by atoms with E-state index in [4.69, 9.17) is 14.8 Å². The lowest BCUT2D eigenvalue weighted by Crippen LogP contribution is -2.42. The van der Waals surface area contributed by atoms with Crippen LogP contribution >= 0.6 is 0 Å². The molecule has 21 heavy (non-hydrogen) atoms. The van der Waals surface area contributed by atoms with Gasteiger partial charge in [-0.15, -0.1) is 4.73 Å². The first-order valence-electron chi connectivity index (χ1n) is 6.05. The summed E-state index contributed by atoms with van der Waals surface area (Å²) in [7, 11) is 0. The smallest absolute Gasteiger partial charge is 0.279 e. The van der Waals surface area contributed by atoms with Crippen molar-refractivity contribution in [3.05, 3.63) is 23.0 Å². The average molecular weight is 293 g/mol. The summed E-state index contributed by atoms with van der Waals surface area (Å²) in [5.74, 6) is 0. The minimum Gasteiger partial charge on any atom is -0.392 e. The van der Waals surface area contributed by atoms with Gasteiger partial charge in [-0.2, -0.15) is 5.26 Å². The van der Waals surface area contributed by atoms with E-state index in [1.807, 2.05) is 0 Å². The lowest BCUT2D eigenvalue weighted by molar-refractivity contribution is -0.167. The Bertz CT molecular complexity index is 764. The molecule has 0 aliphatic carbocycles. The fourth-order valence-electron chi connectivity index (χ4n) is 2.11. The van der Waals surface area contributed by atoms with E-state index in [2.05, 4.69) is 15.0 Å². The molecule has 2 aromatic heterocycles. The van der Waals surface area contributed by atoms with Crippen LogP contribution in [-0.2, 0) is 4.74 Å². The maximum atomic E-state index is 11.5. The van der Waals surface area contributed by atoms with E-state index in [1.54, 1.807) is 6.07 Å². The Kier molecular flexibility index (Phi) is 3.09. The average Bonchev–Trinajstić information content (AvgIpc) is 3.02. The van der Waals surface area contributed by atoms with E-state index in [-0.39, 0.29) is 17.6 Å². The number of aliphatic hydroxyl groups excluding tert-OH is 2. The zero-order chi connectivity index (χ0) is 15.0. The zero-order valence-corrected chi connectivity index (χ0v) is 10.6. The first-order valence-corrected chi connectivity index (χ1v) is 6.05. The van der Waals surface area contributed by atoms with Crippen LogP contribution in [0.25, 0.3) is 11.2 Å². The van der Waals surface area contributed by atoms with Gasteiger partial charge in [0, 0.05) is 6.42 Å². The first kappa shape index (κ1) is 13.5. The molecule has 0 spiro atoms. The summed E-state index contributed by atoms with van der Waals surface area (Å²) in [4.78, 5) is 27.1. The van der Waals surface area contributed by atoms with E-state index in [1.165, 1.54) is 12.7 Å². The molecule has 0 bridgehead atoms. The van der Waals surface area contributed by atoms with Crippen molar-refractivity contribution < 1.29 is 19.8 Å². The molecule has 10 nitrogen and oxygen atoms in total. The maximum Gasteiger partial charge on any atom is 0.279 e. The predicted octanol–water partition coefficient (Wildman–Crippen LogP) is -2.09. The van der Waals surface area contributed by atoms with E-state index in [0.717, 1.165) is 4.73 Å². The van der Waals surface area contributed by atoms with E-state index in [9.17, 15) is 15.0 Å². The van der Waals surface area contributed by atoms with Crippen LogP contribution in [0.3, 0.4) is 0 Å². The Labute approximate surface area is 117 Å². The molecule has 0 amide bonds. The molecule has 3 heterocycles. The third-order valence-electron chi connectivity index (χ3n) is 3.26. The van der Waals surface area contributed by atoms with Gasteiger partial charge in [0.2, 0.25) is 17.5 Å². The fourth-order valence-corrected chi connectivity index (χ4v) is 2.11. The summed E-state index contributed by atoms with van der Waals surface area (Å²) in [6.07, 6.45) is 0.239. The van der Waals surface area contributed by atoms with Gasteiger partial charge in [0.1, 0.15) is 18.5 Å². The molecule has 1 aliphatic heterocycles. The largest absolute Gasteiger partial charge is 0.392 e. The second-order valence-electron chi connectivity index (χ2n) is 4.54.